The fourth-order valence-electron chi connectivity index (χ4n) is 6.10. The Morgan fingerprint density at radius 3 is 1.94 bits per heavy atom. The van der Waals surface area contributed by atoms with Gasteiger partial charge >= 0.3 is 24.7 Å². The van der Waals surface area contributed by atoms with Gasteiger partial charge in [0.25, 0.3) is 0 Å². The molecule has 3 aromatic carbocycles. The molecule has 270 valence electrons. The SMILES string of the molecule is CCN(C[C@H]1CC[C@H](C(=O)O)CC1)c1ccc(OC(F)(F)F)cc1CN(Cc1cc(C(F)(F)F)cc(C(F)(F)F)c1)c1cccc(C)c1.Cl. The lowest BCUT2D eigenvalue weighted by atomic mass is 9.81. The summed E-state index contributed by atoms with van der Waals surface area (Å²) < 4.78 is 126. The first-order valence-corrected chi connectivity index (χ1v) is 15.3. The van der Waals surface area contributed by atoms with E-state index in [0.717, 1.165) is 11.6 Å². The van der Waals surface area contributed by atoms with Crippen LogP contribution >= 0.6 is 12.4 Å². The molecule has 1 saturated carbocycles. The van der Waals surface area contributed by atoms with Crippen LogP contribution in [0.25, 0.3) is 0 Å². The second kappa shape index (κ2) is 15.8. The van der Waals surface area contributed by atoms with E-state index < -0.39 is 54.0 Å². The predicted octanol–water partition coefficient (Wildman–Crippen LogP) is 10.3. The fourth-order valence-corrected chi connectivity index (χ4v) is 6.10. The maximum absolute atomic E-state index is 13.7. The van der Waals surface area contributed by atoms with E-state index in [4.69, 9.17) is 0 Å². The quantitative estimate of drug-likeness (QED) is 0.199. The van der Waals surface area contributed by atoms with Crippen LogP contribution in [0.15, 0.2) is 60.7 Å². The summed E-state index contributed by atoms with van der Waals surface area (Å²) in [7, 11) is 0. The van der Waals surface area contributed by atoms with Gasteiger partial charge in [-0.2, -0.15) is 26.3 Å². The predicted molar refractivity (Wildman–Crippen MR) is 169 cm³/mol. The number of carbonyl (C=O) groups is 1. The minimum atomic E-state index is -5.06. The second-order valence-corrected chi connectivity index (χ2v) is 12.0. The molecule has 5 nitrogen and oxygen atoms in total. The number of benzene rings is 3. The lowest BCUT2D eigenvalue weighted by Gasteiger charge is -2.34. The third-order valence-corrected chi connectivity index (χ3v) is 8.43. The zero-order valence-corrected chi connectivity index (χ0v) is 27.4. The minimum absolute atomic E-state index is 0. The zero-order chi connectivity index (χ0) is 35.4. The van der Waals surface area contributed by atoms with Gasteiger partial charge < -0.3 is 19.6 Å². The third kappa shape index (κ3) is 11.1. The average molecular weight is 727 g/mol. The van der Waals surface area contributed by atoms with Gasteiger partial charge in [0.05, 0.1) is 17.0 Å². The van der Waals surface area contributed by atoms with E-state index in [1.54, 1.807) is 31.2 Å². The van der Waals surface area contributed by atoms with E-state index in [0.29, 0.717) is 67.8 Å². The molecule has 0 radical (unpaired) electrons. The van der Waals surface area contributed by atoms with Gasteiger partial charge in [0.2, 0.25) is 0 Å². The van der Waals surface area contributed by atoms with Crippen LogP contribution in [0.5, 0.6) is 5.75 Å². The molecular formula is C34H36ClF9N2O3. The van der Waals surface area contributed by atoms with Gasteiger partial charge in [-0.25, -0.2) is 0 Å². The Kier molecular flexibility index (Phi) is 12.8. The molecule has 4 rings (SSSR count). The van der Waals surface area contributed by atoms with E-state index in [9.17, 15) is 49.4 Å². The molecule has 0 saturated heterocycles. The van der Waals surface area contributed by atoms with Gasteiger partial charge in [-0.05, 0) is 111 Å². The fraction of sp³-hybridized carbons (Fsp3) is 0.441. The van der Waals surface area contributed by atoms with Crippen LogP contribution in [0.3, 0.4) is 0 Å². The highest BCUT2D eigenvalue weighted by molar-refractivity contribution is 5.85. The Hall–Kier alpha value is -3.81. The van der Waals surface area contributed by atoms with Gasteiger partial charge in [0.15, 0.2) is 0 Å². The lowest BCUT2D eigenvalue weighted by Crippen LogP contribution is -2.34. The second-order valence-electron chi connectivity index (χ2n) is 12.0. The van der Waals surface area contributed by atoms with E-state index in [1.165, 1.54) is 17.0 Å². The van der Waals surface area contributed by atoms with Crippen molar-refractivity contribution >= 4 is 29.8 Å². The number of hydrogen-bond acceptors (Lipinski definition) is 4. The van der Waals surface area contributed by atoms with Crippen molar-refractivity contribution in [1.29, 1.82) is 0 Å². The minimum Gasteiger partial charge on any atom is -0.481 e. The number of carboxylic acids is 1. The molecule has 1 aliphatic carbocycles. The summed E-state index contributed by atoms with van der Waals surface area (Å²) in [5, 5.41) is 9.37. The molecule has 0 aliphatic heterocycles. The molecule has 49 heavy (non-hydrogen) atoms. The van der Waals surface area contributed by atoms with Crippen molar-refractivity contribution in [3.63, 3.8) is 0 Å². The molecule has 1 N–H and O–H groups in total. The van der Waals surface area contributed by atoms with Crippen LogP contribution < -0.4 is 14.5 Å². The highest BCUT2D eigenvalue weighted by Gasteiger charge is 2.37. The van der Waals surface area contributed by atoms with Crippen molar-refractivity contribution in [2.24, 2.45) is 11.8 Å². The number of hydrogen-bond donors (Lipinski definition) is 1. The molecular weight excluding hydrogens is 691 g/mol. The molecule has 0 bridgehead atoms. The highest BCUT2D eigenvalue weighted by atomic mass is 35.5. The summed E-state index contributed by atoms with van der Waals surface area (Å²) in [6.45, 7) is 3.82. The smallest absolute Gasteiger partial charge is 0.481 e. The highest BCUT2D eigenvalue weighted by Crippen LogP contribution is 2.38. The summed E-state index contributed by atoms with van der Waals surface area (Å²) >= 11 is 0. The molecule has 0 amide bonds. The molecule has 15 heteroatoms. The van der Waals surface area contributed by atoms with Crippen LogP contribution in [0.2, 0.25) is 0 Å². The standard InChI is InChI=1S/C34H35F9N2O3.ClH/c1-3-44(18-22-7-9-24(10-8-22)31(46)47)30-12-11-29(48-34(41,42)43)16-25(30)20-45(28-6-4-5-21(2)13-28)19-23-14-26(32(35,36)37)17-27(15-23)33(38,39)40;/h4-6,11-17,22,24H,3,7-10,18-20H2,1-2H3,(H,46,47);1H/t22-,24-;. The van der Waals surface area contributed by atoms with E-state index in [1.807, 2.05) is 11.8 Å². The van der Waals surface area contributed by atoms with Crippen molar-refractivity contribution in [2.75, 3.05) is 22.9 Å². The van der Waals surface area contributed by atoms with Gasteiger partial charge in [-0.15, -0.1) is 25.6 Å². The Bertz CT molecular complexity index is 1540. The van der Waals surface area contributed by atoms with Crippen molar-refractivity contribution in [3.8, 4) is 5.75 Å². The number of aryl methyl sites for hydroxylation is 1. The van der Waals surface area contributed by atoms with Crippen LogP contribution in [0, 0.1) is 18.8 Å². The molecule has 1 fully saturated rings. The number of anilines is 2. The Morgan fingerprint density at radius 2 is 1.43 bits per heavy atom. The monoisotopic (exact) mass is 726 g/mol. The number of halogens is 10. The first-order chi connectivity index (χ1) is 22.3. The normalized spacial score (nSPS) is 16.9. The van der Waals surface area contributed by atoms with Gasteiger partial charge in [-0.3, -0.25) is 4.79 Å². The zero-order valence-electron chi connectivity index (χ0n) is 26.6. The van der Waals surface area contributed by atoms with E-state index in [2.05, 4.69) is 4.74 Å². The van der Waals surface area contributed by atoms with Crippen LogP contribution in [0.1, 0.15) is 60.4 Å². The van der Waals surface area contributed by atoms with Gasteiger partial charge in [-0.1, -0.05) is 12.1 Å². The first kappa shape index (κ1) is 39.6. The Labute approximate surface area is 284 Å². The van der Waals surface area contributed by atoms with Gasteiger partial charge in [0, 0.05) is 37.6 Å². The summed E-state index contributed by atoms with van der Waals surface area (Å²) in [5.74, 6) is -1.75. The summed E-state index contributed by atoms with van der Waals surface area (Å²) in [4.78, 5) is 14.9. The molecule has 0 atom stereocenters. The topological polar surface area (TPSA) is 53.0 Å². The molecule has 0 unspecified atom stereocenters. The number of rotatable bonds is 11. The Balaban J connectivity index is 0.00000650. The number of aliphatic carboxylic acids is 1. The van der Waals surface area contributed by atoms with Crippen molar-refractivity contribution in [3.05, 3.63) is 88.5 Å². The average Bonchev–Trinajstić information content (AvgIpc) is 2.98. The molecule has 0 heterocycles. The maximum Gasteiger partial charge on any atom is 0.573 e. The van der Waals surface area contributed by atoms with Gasteiger partial charge in [0.1, 0.15) is 5.75 Å². The summed E-state index contributed by atoms with van der Waals surface area (Å²) in [6.07, 6.45) is -12.9. The third-order valence-electron chi connectivity index (χ3n) is 8.43. The number of nitrogens with zero attached hydrogens (tertiary/aromatic N) is 2. The molecule has 0 spiro atoms. The Morgan fingerprint density at radius 1 is 0.816 bits per heavy atom. The van der Waals surface area contributed by atoms with Crippen LogP contribution in [0.4, 0.5) is 50.9 Å². The number of ether oxygens (including phenoxy) is 1. The molecule has 1 aliphatic rings. The molecule has 0 aromatic heterocycles. The maximum atomic E-state index is 13.7. The largest absolute Gasteiger partial charge is 0.573 e. The number of alkyl halides is 9. The first-order valence-electron chi connectivity index (χ1n) is 15.3. The van der Waals surface area contributed by atoms with Crippen molar-refractivity contribution in [1.82, 2.24) is 0 Å². The van der Waals surface area contributed by atoms with Crippen molar-refractivity contribution < 1.29 is 54.2 Å². The van der Waals surface area contributed by atoms with Crippen LogP contribution in [-0.4, -0.2) is 30.5 Å². The van der Waals surface area contributed by atoms with Crippen LogP contribution in [-0.2, 0) is 30.2 Å². The summed E-state index contributed by atoms with van der Waals surface area (Å²) in [6, 6.07) is 11.8. The van der Waals surface area contributed by atoms with E-state index in [-0.39, 0.29) is 36.5 Å². The summed E-state index contributed by atoms with van der Waals surface area (Å²) in [5.41, 5.74) is -1.30. The lowest BCUT2D eigenvalue weighted by molar-refractivity contribution is -0.274. The number of carboxylic acid groups (broad SMARTS) is 1. The van der Waals surface area contributed by atoms with E-state index >= 15 is 0 Å². The molecule has 3 aromatic rings. The van der Waals surface area contributed by atoms with Crippen molar-refractivity contribution in [2.45, 2.75) is 71.3 Å².